The minimum Gasteiger partial charge on any atom is -0.479 e. The largest absolute Gasteiger partial charge is 0.479 e. The molecule has 8 nitrogen and oxygen atoms in total. The molecule has 0 atom stereocenters. The van der Waals surface area contributed by atoms with Gasteiger partial charge in [0.1, 0.15) is 0 Å². The lowest BCUT2D eigenvalue weighted by Gasteiger charge is -2.03. The van der Waals surface area contributed by atoms with Crippen LogP contribution in [0, 0.1) is 0 Å². The SMILES string of the molecule is O=C(O)CONC(=O)Nc1cn[nH]c1. The fourth-order valence-corrected chi connectivity index (χ4v) is 0.639. The second-order valence-corrected chi connectivity index (χ2v) is 2.23. The van der Waals surface area contributed by atoms with Crippen LogP contribution in [-0.4, -0.2) is 33.9 Å². The van der Waals surface area contributed by atoms with Crippen LogP contribution in [0.3, 0.4) is 0 Å². The molecule has 0 saturated carbocycles. The van der Waals surface area contributed by atoms with Gasteiger partial charge < -0.3 is 10.4 Å². The molecule has 0 bridgehead atoms. The fourth-order valence-electron chi connectivity index (χ4n) is 0.639. The van der Waals surface area contributed by atoms with E-state index >= 15 is 0 Å². The maximum atomic E-state index is 10.9. The Morgan fingerprint density at radius 3 is 3.00 bits per heavy atom. The van der Waals surface area contributed by atoms with Crippen LogP contribution < -0.4 is 10.8 Å². The van der Waals surface area contributed by atoms with Gasteiger partial charge in [0, 0.05) is 6.20 Å². The Balaban J connectivity index is 2.20. The predicted octanol–water partition coefficient (Wildman–Crippen LogP) is -0.453. The second-order valence-electron chi connectivity index (χ2n) is 2.23. The van der Waals surface area contributed by atoms with Gasteiger partial charge in [0.05, 0.1) is 11.9 Å². The highest BCUT2D eigenvalue weighted by Gasteiger charge is 2.03. The van der Waals surface area contributed by atoms with Crippen molar-refractivity contribution >= 4 is 17.7 Å². The number of nitrogens with one attached hydrogen (secondary N) is 3. The number of amides is 2. The first kappa shape index (κ1) is 9.99. The van der Waals surface area contributed by atoms with Gasteiger partial charge in [0.2, 0.25) is 0 Å². The number of carbonyl (C=O) groups excluding carboxylic acids is 1. The molecule has 8 heteroatoms. The number of urea groups is 1. The van der Waals surface area contributed by atoms with Gasteiger partial charge in [-0.25, -0.2) is 15.1 Å². The summed E-state index contributed by atoms with van der Waals surface area (Å²) >= 11 is 0. The molecule has 0 unspecified atom stereocenters. The van der Waals surface area contributed by atoms with E-state index < -0.39 is 18.6 Å². The Morgan fingerprint density at radius 2 is 2.43 bits per heavy atom. The molecule has 1 aromatic heterocycles. The number of hydrogen-bond donors (Lipinski definition) is 4. The number of aromatic amines is 1. The smallest absolute Gasteiger partial charge is 0.343 e. The Labute approximate surface area is 78.2 Å². The maximum Gasteiger partial charge on any atom is 0.343 e. The molecular formula is C6H8N4O4. The molecule has 1 heterocycles. The Morgan fingerprint density at radius 1 is 1.64 bits per heavy atom. The van der Waals surface area contributed by atoms with E-state index in [0.29, 0.717) is 5.69 Å². The van der Waals surface area contributed by atoms with Gasteiger partial charge in [-0.3, -0.25) is 9.94 Å². The maximum absolute atomic E-state index is 10.9. The zero-order chi connectivity index (χ0) is 10.4. The fraction of sp³-hybridized carbons (Fsp3) is 0.167. The molecule has 0 spiro atoms. The number of rotatable bonds is 4. The number of aromatic nitrogens is 2. The van der Waals surface area contributed by atoms with Gasteiger partial charge in [0.15, 0.2) is 6.61 Å². The molecule has 4 N–H and O–H groups in total. The number of hydroxylamine groups is 1. The number of aliphatic carboxylic acids is 1. The highest BCUT2D eigenvalue weighted by molar-refractivity contribution is 5.88. The van der Waals surface area contributed by atoms with Crippen LogP contribution in [0.5, 0.6) is 0 Å². The first-order valence-electron chi connectivity index (χ1n) is 3.58. The molecule has 0 radical (unpaired) electrons. The molecule has 76 valence electrons. The third-order valence-electron chi connectivity index (χ3n) is 1.12. The molecule has 0 fully saturated rings. The summed E-state index contributed by atoms with van der Waals surface area (Å²) in [6, 6.07) is -0.673. The molecular weight excluding hydrogens is 192 g/mol. The lowest BCUT2D eigenvalue weighted by molar-refractivity contribution is -0.143. The van der Waals surface area contributed by atoms with Crippen LogP contribution in [0.25, 0.3) is 0 Å². The molecule has 0 aliphatic carbocycles. The van der Waals surface area contributed by atoms with Crippen LogP contribution in [0.15, 0.2) is 12.4 Å². The lowest BCUT2D eigenvalue weighted by Crippen LogP contribution is -2.30. The summed E-state index contributed by atoms with van der Waals surface area (Å²) in [6.45, 7) is -0.598. The highest BCUT2D eigenvalue weighted by Crippen LogP contribution is 1.99. The van der Waals surface area contributed by atoms with E-state index in [0.717, 1.165) is 0 Å². The van der Waals surface area contributed by atoms with E-state index in [1.165, 1.54) is 12.4 Å². The van der Waals surface area contributed by atoms with Gasteiger partial charge in [-0.05, 0) is 0 Å². The number of nitrogens with zero attached hydrogens (tertiary/aromatic N) is 1. The van der Waals surface area contributed by atoms with E-state index in [-0.39, 0.29) is 0 Å². The lowest BCUT2D eigenvalue weighted by atomic mass is 10.6. The van der Waals surface area contributed by atoms with Crippen LogP contribution in [-0.2, 0) is 9.63 Å². The van der Waals surface area contributed by atoms with Gasteiger partial charge >= 0.3 is 12.0 Å². The van der Waals surface area contributed by atoms with Crippen LogP contribution in [0.4, 0.5) is 10.5 Å². The van der Waals surface area contributed by atoms with E-state index in [9.17, 15) is 9.59 Å². The van der Waals surface area contributed by atoms with E-state index in [4.69, 9.17) is 5.11 Å². The van der Waals surface area contributed by atoms with Crippen molar-refractivity contribution in [1.82, 2.24) is 15.7 Å². The van der Waals surface area contributed by atoms with Gasteiger partial charge in [-0.1, -0.05) is 0 Å². The van der Waals surface area contributed by atoms with E-state index in [1.54, 1.807) is 0 Å². The van der Waals surface area contributed by atoms with Crippen molar-refractivity contribution < 1.29 is 19.5 Å². The van der Waals surface area contributed by atoms with Gasteiger partial charge in [-0.15, -0.1) is 0 Å². The molecule has 0 aromatic carbocycles. The van der Waals surface area contributed by atoms with Crippen molar-refractivity contribution in [1.29, 1.82) is 0 Å². The summed E-state index contributed by atoms with van der Waals surface area (Å²) in [5.41, 5.74) is 2.33. The van der Waals surface area contributed by atoms with Gasteiger partial charge in [0.25, 0.3) is 0 Å². The van der Waals surface area contributed by atoms with Crippen molar-refractivity contribution in [3.8, 4) is 0 Å². The molecule has 1 rings (SSSR count). The number of hydrogen-bond acceptors (Lipinski definition) is 4. The molecule has 1 aromatic rings. The van der Waals surface area contributed by atoms with Crippen molar-refractivity contribution in [3.63, 3.8) is 0 Å². The summed E-state index contributed by atoms with van der Waals surface area (Å²) in [4.78, 5) is 25.2. The van der Waals surface area contributed by atoms with Crippen LogP contribution in [0.2, 0.25) is 0 Å². The van der Waals surface area contributed by atoms with E-state index in [1.807, 2.05) is 5.48 Å². The number of carboxylic acids is 1. The minimum absolute atomic E-state index is 0.446. The second kappa shape index (κ2) is 4.82. The van der Waals surface area contributed by atoms with Crippen LogP contribution >= 0.6 is 0 Å². The quantitative estimate of drug-likeness (QED) is 0.491. The molecule has 14 heavy (non-hydrogen) atoms. The molecule has 0 aliphatic heterocycles. The molecule has 0 saturated heterocycles. The monoisotopic (exact) mass is 200 g/mol. The number of H-pyrrole nitrogens is 1. The summed E-state index contributed by atoms with van der Waals surface area (Å²) in [5.74, 6) is -1.17. The average molecular weight is 200 g/mol. The Bertz CT molecular complexity index is 310. The first-order chi connectivity index (χ1) is 6.68. The number of carbonyl (C=O) groups is 2. The molecule has 2 amide bonds. The third-order valence-corrected chi connectivity index (χ3v) is 1.12. The summed E-state index contributed by atoms with van der Waals surface area (Å²) in [5, 5.41) is 16.6. The average Bonchev–Trinajstić information content (AvgIpc) is 2.56. The zero-order valence-corrected chi connectivity index (χ0v) is 6.98. The normalized spacial score (nSPS) is 9.43. The summed E-state index contributed by atoms with van der Waals surface area (Å²) < 4.78 is 0. The number of anilines is 1. The predicted molar refractivity (Wildman–Crippen MR) is 44.3 cm³/mol. The van der Waals surface area contributed by atoms with E-state index in [2.05, 4.69) is 20.4 Å². The standard InChI is InChI=1S/C6H8N4O4/c11-5(12)3-14-10-6(13)9-4-1-7-8-2-4/h1-2H,3H2,(H,7,8)(H,11,12)(H2,9,10,13). The van der Waals surface area contributed by atoms with Gasteiger partial charge in [-0.2, -0.15) is 5.10 Å². The van der Waals surface area contributed by atoms with Crippen molar-refractivity contribution in [2.75, 3.05) is 11.9 Å². The van der Waals surface area contributed by atoms with Crippen molar-refractivity contribution in [2.24, 2.45) is 0 Å². The minimum atomic E-state index is -1.17. The first-order valence-corrected chi connectivity index (χ1v) is 3.58. The topological polar surface area (TPSA) is 116 Å². The third kappa shape index (κ3) is 3.54. The number of carboxylic acid groups (broad SMARTS) is 1. The Kier molecular flexibility index (Phi) is 3.44. The highest BCUT2D eigenvalue weighted by atomic mass is 16.7. The zero-order valence-electron chi connectivity index (χ0n) is 6.98. The summed E-state index contributed by atoms with van der Waals surface area (Å²) in [6.07, 6.45) is 2.84. The Hall–Kier alpha value is -2.09. The summed E-state index contributed by atoms with van der Waals surface area (Å²) in [7, 11) is 0. The molecule has 0 aliphatic rings. The van der Waals surface area contributed by atoms with Crippen LogP contribution in [0.1, 0.15) is 0 Å². The van der Waals surface area contributed by atoms with Crippen molar-refractivity contribution in [2.45, 2.75) is 0 Å². The van der Waals surface area contributed by atoms with Crippen molar-refractivity contribution in [3.05, 3.63) is 12.4 Å².